The monoisotopic (exact) mass is 244 g/mol. The minimum Gasteiger partial charge on any atom is -0.381 e. The van der Waals surface area contributed by atoms with Gasteiger partial charge in [-0.25, -0.2) is 4.98 Å². The molecular weight excluding hydrogens is 224 g/mol. The Morgan fingerprint density at radius 2 is 2.22 bits per heavy atom. The van der Waals surface area contributed by atoms with Crippen molar-refractivity contribution in [2.24, 2.45) is 13.0 Å². The molecule has 1 N–H and O–H groups in total. The first-order valence-electron chi connectivity index (χ1n) is 6.69. The number of hydrogen-bond donors (Lipinski definition) is 1. The first kappa shape index (κ1) is 11.5. The van der Waals surface area contributed by atoms with Crippen LogP contribution in [0.15, 0.2) is 12.3 Å². The van der Waals surface area contributed by atoms with Crippen molar-refractivity contribution in [3.63, 3.8) is 0 Å². The Kier molecular flexibility index (Phi) is 2.73. The molecule has 1 aliphatic carbocycles. The number of rotatable bonds is 2. The lowest BCUT2D eigenvalue weighted by Crippen LogP contribution is -2.15. The summed E-state index contributed by atoms with van der Waals surface area (Å²) in [7, 11) is 1.94. The molecular formula is C14H20N4. The van der Waals surface area contributed by atoms with Crippen LogP contribution in [0, 0.1) is 12.8 Å². The van der Waals surface area contributed by atoms with Crippen molar-refractivity contribution in [2.45, 2.75) is 39.2 Å². The van der Waals surface area contributed by atoms with E-state index in [-0.39, 0.29) is 0 Å². The molecule has 0 bridgehead atoms. The molecule has 4 nitrogen and oxygen atoms in total. The Balaban J connectivity index is 1.87. The van der Waals surface area contributed by atoms with E-state index in [2.05, 4.69) is 28.4 Å². The van der Waals surface area contributed by atoms with Gasteiger partial charge in [-0.05, 0) is 38.2 Å². The van der Waals surface area contributed by atoms with Crippen molar-refractivity contribution in [1.82, 2.24) is 14.8 Å². The number of nitrogens with one attached hydrogen (secondary N) is 1. The van der Waals surface area contributed by atoms with Crippen molar-refractivity contribution >= 4 is 16.7 Å². The lowest BCUT2D eigenvalue weighted by Gasteiger charge is -2.13. The molecule has 1 saturated carbocycles. The van der Waals surface area contributed by atoms with Crippen molar-refractivity contribution in [3.05, 3.63) is 18.0 Å². The Labute approximate surface area is 107 Å². The molecule has 0 aromatic carbocycles. The summed E-state index contributed by atoms with van der Waals surface area (Å²) in [5, 5.41) is 9.15. The topological polar surface area (TPSA) is 42.7 Å². The van der Waals surface area contributed by atoms with Gasteiger partial charge in [-0.2, -0.15) is 5.10 Å². The van der Waals surface area contributed by atoms with Gasteiger partial charge in [0.25, 0.3) is 0 Å². The molecule has 2 aromatic heterocycles. The molecule has 0 radical (unpaired) electrons. The molecule has 18 heavy (non-hydrogen) atoms. The number of fused-ring (bicyclic) bond motifs is 1. The third-order valence-corrected chi connectivity index (χ3v) is 3.93. The van der Waals surface area contributed by atoms with E-state index in [1.54, 1.807) is 0 Å². The molecule has 96 valence electrons. The van der Waals surface area contributed by atoms with E-state index in [9.17, 15) is 0 Å². The second kappa shape index (κ2) is 4.26. The van der Waals surface area contributed by atoms with Gasteiger partial charge in [0.05, 0.1) is 17.6 Å². The number of hydrogen-bond acceptors (Lipinski definition) is 3. The third-order valence-electron chi connectivity index (χ3n) is 3.93. The van der Waals surface area contributed by atoms with Crippen LogP contribution in [0.1, 0.15) is 31.9 Å². The zero-order chi connectivity index (χ0) is 12.7. The van der Waals surface area contributed by atoms with Crippen molar-refractivity contribution in [3.8, 4) is 0 Å². The van der Waals surface area contributed by atoms with Gasteiger partial charge in [-0.3, -0.25) is 4.68 Å². The number of anilines is 1. The van der Waals surface area contributed by atoms with Crippen LogP contribution >= 0.6 is 0 Å². The Morgan fingerprint density at radius 1 is 1.39 bits per heavy atom. The maximum atomic E-state index is 4.50. The predicted molar refractivity (Wildman–Crippen MR) is 73.7 cm³/mol. The second-order valence-corrected chi connectivity index (χ2v) is 5.56. The third kappa shape index (κ3) is 1.96. The fourth-order valence-corrected chi connectivity index (χ4v) is 2.96. The van der Waals surface area contributed by atoms with Crippen LogP contribution in [0.3, 0.4) is 0 Å². The fraction of sp³-hybridized carbons (Fsp3) is 0.571. The highest BCUT2D eigenvalue weighted by Gasteiger charge is 2.21. The Bertz CT molecular complexity index is 572. The van der Waals surface area contributed by atoms with Crippen LogP contribution in [0.2, 0.25) is 0 Å². The van der Waals surface area contributed by atoms with E-state index in [0.29, 0.717) is 6.04 Å². The lowest BCUT2D eigenvalue weighted by atomic mass is 10.1. The molecule has 2 aromatic rings. The summed E-state index contributed by atoms with van der Waals surface area (Å²) in [6.45, 7) is 4.36. The van der Waals surface area contributed by atoms with Crippen LogP contribution in [-0.4, -0.2) is 20.8 Å². The SMILES string of the molecule is Cc1nn(C)c2ncc(NC3CCC(C)C3)cc12. The molecule has 4 heteroatoms. The number of pyridine rings is 1. The van der Waals surface area contributed by atoms with Gasteiger partial charge in [0.2, 0.25) is 0 Å². The molecule has 2 atom stereocenters. The zero-order valence-corrected chi connectivity index (χ0v) is 11.3. The summed E-state index contributed by atoms with van der Waals surface area (Å²) in [5.74, 6) is 0.847. The van der Waals surface area contributed by atoms with Gasteiger partial charge in [0.1, 0.15) is 0 Å². The van der Waals surface area contributed by atoms with Gasteiger partial charge >= 0.3 is 0 Å². The summed E-state index contributed by atoms with van der Waals surface area (Å²) in [6, 6.07) is 2.78. The van der Waals surface area contributed by atoms with Crippen LogP contribution < -0.4 is 5.32 Å². The first-order valence-corrected chi connectivity index (χ1v) is 6.69. The molecule has 3 rings (SSSR count). The smallest absolute Gasteiger partial charge is 0.157 e. The van der Waals surface area contributed by atoms with Crippen molar-refractivity contribution in [2.75, 3.05) is 5.32 Å². The van der Waals surface area contributed by atoms with Crippen molar-refractivity contribution < 1.29 is 0 Å². The van der Waals surface area contributed by atoms with Gasteiger partial charge in [-0.1, -0.05) is 6.92 Å². The maximum Gasteiger partial charge on any atom is 0.157 e. The zero-order valence-electron chi connectivity index (χ0n) is 11.3. The molecule has 2 heterocycles. The molecule has 0 saturated heterocycles. The van der Waals surface area contributed by atoms with Gasteiger partial charge < -0.3 is 5.32 Å². The standard InChI is InChI=1S/C14H20N4/c1-9-4-5-11(6-9)16-12-7-13-10(2)17-18(3)14(13)15-8-12/h7-9,11,16H,4-6H2,1-3H3. The van der Waals surface area contributed by atoms with Crippen LogP contribution in [-0.2, 0) is 7.05 Å². The van der Waals surface area contributed by atoms with Crippen molar-refractivity contribution in [1.29, 1.82) is 0 Å². The maximum absolute atomic E-state index is 4.50. The van der Waals surface area contributed by atoms with E-state index < -0.39 is 0 Å². The minimum absolute atomic E-state index is 0.608. The number of nitrogens with zero attached hydrogens (tertiary/aromatic N) is 3. The summed E-state index contributed by atoms with van der Waals surface area (Å²) >= 11 is 0. The summed E-state index contributed by atoms with van der Waals surface area (Å²) in [5.41, 5.74) is 3.12. The molecule has 2 unspecified atom stereocenters. The van der Waals surface area contributed by atoms with Gasteiger partial charge in [0, 0.05) is 18.5 Å². The largest absolute Gasteiger partial charge is 0.381 e. The normalized spacial score (nSPS) is 23.7. The molecule has 0 aliphatic heterocycles. The minimum atomic E-state index is 0.608. The Morgan fingerprint density at radius 3 is 2.94 bits per heavy atom. The van der Waals surface area contributed by atoms with Crippen LogP contribution in [0.25, 0.3) is 11.0 Å². The summed E-state index contributed by atoms with van der Waals surface area (Å²) in [6.07, 6.45) is 5.79. The Hall–Kier alpha value is -1.58. The van der Waals surface area contributed by atoms with E-state index >= 15 is 0 Å². The van der Waals surface area contributed by atoms with E-state index in [0.717, 1.165) is 28.3 Å². The average Bonchev–Trinajstić information content (AvgIpc) is 2.85. The number of aromatic nitrogens is 3. The molecule has 0 spiro atoms. The summed E-state index contributed by atoms with van der Waals surface area (Å²) < 4.78 is 1.84. The lowest BCUT2D eigenvalue weighted by molar-refractivity contribution is 0.602. The highest BCUT2D eigenvalue weighted by atomic mass is 15.3. The second-order valence-electron chi connectivity index (χ2n) is 5.56. The van der Waals surface area contributed by atoms with Gasteiger partial charge in [0.15, 0.2) is 5.65 Å². The molecule has 0 amide bonds. The highest BCUT2D eigenvalue weighted by Crippen LogP contribution is 2.28. The fourth-order valence-electron chi connectivity index (χ4n) is 2.96. The van der Waals surface area contributed by atoms with Crippen LogP contribution in [0.4, 0.5) is 5.69 Å². The highest BCUT2D eigenvalue weighted by molar-refractivity contribution is 5.81. The van der Waals surface area contributed by atoms with Gasteiger partial charge in [-0.15, -0.1) is 0 Å². The van der Waals surface area contributed by atoms with E-state index in [1.165, 1.54) is 19.3 Å². The molecule has 1 aliphatic rings. The quantitative estimate of drug-likeness (QED) is 0.883. The first-order chi connectivity index (χ1) is 8.63. The van der Waals surface area contributed by atoms with Crippen LogP contribution in [0.5, 0.6) is 0 Å². The average molecular weight is 244 g/mol. The summed E-state index contributed by atoms with van der Waals surface area (Å²) in [4.78, 5) is 4.50. The van der Waals surface area contributed by atoms with E-state index in [1.807, 2.05) is 24.9 Å². The number of aryl methyl sites for hydroxylation is 2. The van der Waals surface area contributed by atoms with E-state index in [4.69, 9.17) is 0 Å². The predicted octanol–water partition coefficient (Wildman–Crippen LogP) is 2.88. The molecule has 1 fully saturated rings.